The van der Waals surface area contributed by atoms with Gasteiger partial charge in [-0.3, -0.25) is 14.5 Å². The molecule has 3 rings (SSSR count). The number of benzene rings is 3. The quantitative estimate of drug-likeness (QED) is 0.552. The van der Waals surface area contributed by atoms with Gasteiger partial charge in [0.2, 0.25) is 11.8 Å². The first-order valence-electron chi connectivity index (χ1n) is 10.1. The summed E-state index contributed by atoms with van der Waals surface area (Å²) in [6.07, 6.45) is 0.518. The van der Waals surface area contributed by atoms with Crippen LogP contribution in [0.3, 0.4) is 0 Å². The molecule has 0 aromatic heterocycles. The van der Waals surface area contributed by atoms with Gasteiger partial charge in [-0.15, -0.1) is 0 Å². The summed E-state index contributed by atoms with van der Waals surface area (Å²) in [6.45, 7) is 3.91. The van der Waals surface area contributed by atoms with Crippen LogP contribution < -0.4 is 15.4 Å². The lowest BCUT2D eigenvalue weighted by atomic mass is 10.0. The van der Waals surface area contributed by atoms with E-state index in [2.05, 4.69) is 0 Å². The van der Waals surface area contributed by atoms with Crippen molar-refractivity contribution >= 4 is 23.2 Å². The Morgan fingerprint density at radius 3 is 2.17 bits per heavy atom. The molecule has 0 atom stereocenters. The van der Waals surface area contributed by atoms with Crippen molar-refractivity contribution in [3.63, 3.8) is 0 Å². The Balaban J connectivity index is 1.89. The van der Waals surface area contributed by atoms with Crippen LogP contribution in [0.1, 0.15) is 32.3 Å². The molecule has 0 radical (unpaired) electrons. The molecule has 0 unspecified atom stereocenters. The van der Waals surface area contributed by atoms with Crippen molar-refractivity contribution in [3.8, 4) is 16.9 Å². The van der Waals surface area contributed by atoms with E-state index in [-0.39, 0.29) is 24.7 Å². The van der Waals surface area contributed by atoms with E-state index in [0.29, 0.717) is 23.7 Å². The van der Waals surface area contributed by atoms with Gasteiger partial charge in [0, 0.05) is 12.8 Å². The van der Waals surface area contributed by atoms with Crippen LogP contribution in [0.15, 0.2) is 72.8 Å². The molecule has 0 aliphatic rings. The van der Waals surface area contributed by atoms with E-state index < -0.39 is 0 Å². The summed E-state index contributed by atoms with van der Waals surface area (Å²) in [5, 5.41) is 0. The predicted octanol–water partition coefficient (Wildman–Crippen LogP) is 5.19. The van der Waals surface area contributed by atoms with E-state index in [9.17, 15) is 9.59 Å². The maximum Gasteiger partial charge on any atom is 0.233 e. The molecule has 154 valence electrons. The number of anilines is 2. The predicted molar refractivity (Wildman–Crippen MR) is 120 cm³/mol. The highest BCUT2D eigenvalue weighted by Crippen LogP contribution is 2.32. The number of nitrogens with two attached hydrogens (primary N) is 1. The number of hydrogen-bond acceptors (Lipinski definition) is 4. The van der Waals surface area contributed by atoms with E-state index in [1.165, 1.54) is 4.90 Å². The van der Waals surface area contributed by atoms with E-state index in [1.54, 1.807) is 26.0 Å². The SMILES string of the molecule is CCC(=O)N(C(=O)CC)c1cccc(-c2ccc(N)c(OCc3ccccc3)c2)c1. The fraction of sp³-hybridized carbons (Fsp3) is 0.200. The van der Waals surface area contributed by atoms with Crippen LogP contribution >= 0.6 is 0 Å². The lowest BCUT2D eigenvalue weighted by Gasteiger charge is -2.20. The highest BCUT2D eigenvalue weighted by Gasteiger charge is 2.21. The summed E-state index contributed by atoms with van der Waals surface area (Å²) in [6, 6.07) is 22.8. The molecule has 5 nitrogen and oxygen atoms in total. The fourth-order valence-electron chi connectivity index (χ4n) is 3.14. The van der Waals surface area contributed by atoms with Gasteiger partial charge in [-0.1, -0.05) is 62.4 Å². The minimum Gasteiger partial charge on any atom is -0.487 e. The Kier molecular flexibility index (Phi) is 6.86. The van der Waals surface area contributed by atoms with Crippen LogP contribution in [0.25, 0.3) is 11.1 Å². The molecule has 0 aliphatic heterocycles. The van der Waals surface area contributed by atoms with Gasteiger partial charge >= 0.3 is 0 Å². The summed E-state index contributed by atoms with van der Waals surface area (Å²) < 4.78 is 5.93. The van der Waals surface area contributed by atoms with Crippen molar-refractivity contribution in [1.29, 1.82) is 0 Å². The maximum atomic E-state index is 12.3. The average Bonchev–Trinajstić information content (AvgIpc) is 2.79. The lowest BCUT2D eigenvalue weighted by molar-refractivity contribution is -0.126. The molecule has 0 aliphatic carbocycles. The largest absolute Gasteiger partial charge is 0.487 e. The van der Waals surface area contributed by atoms with Crippen LogP contribution in [0.4, 0.5) is 11.4 Å². The van der Waals surface area contributed by atoms with Crippen molar-refractivity contribution < 1.29 is 14.3 Å². The zero-order chi connectivity index (χ0) is 21.5. The van der Waals surface area contributed by atoms with Crippen LogP contribution in [0.2, 0.25) is 0 Å². The monoisotopic (exact) mass is 402 g/mol. The fourth-order valence-corrected chi connectivity index (χ4v) is 3.14. The van der Waals surface area contributed by atoms with E-state index in [1.807, 2.05) is 60.7 Å². The highest BCUT2D eigenvalue weighted by molar-refractivity contribution is 6.14. The molecule has 0 fully saturated rings. The van der Waals surface area contributed by atoms with Crippen LogP contribution in [0.5, 0.6) is 5.75 Å². The van der Waals surface area contributed by atoms with Gasteiger partial charge in [-0.25, -0.2) is 0 Å². The standard InChI is InChI=1S/C25H26N2O3/c1-3-24(28)27(25(29)4-2)21-12-8-11-19(15-21)20-13-14-22(26)23(16-20)30-17-18-9-6-5-7-10-18/h5-16H,3-4,17,26H2,1-2H3. The smallest absolute Gasteiger partial charge is 0.233 e. The number of rotatable bonds is 7. The number of carbonyl (C=O) groups excluding carboxylic acids is 2. The molecule has 3 aromatic carbocycles. The molecule has 30 heavy (non-hydrogen) atoms. The number of hydrogen-bond donors (Lipinski definition) is 1. The van der Waals surface area contributed by atoms with Gasteiger partial charge in [0.15, 0.2) is 0 Å². The van der Waals surface area contributed by atoms with Gasteiger partial charge in [-0.05, 0) is 41.0 Å². The summed E-state index contributed by atoms with van der Waals surface area (Å²) >= 11 is 0. The molecule has 0 saturated heterocycles. The molecule has 0 spiro atoms. The van der Waals surface area contributed by atoms with E-state index in [4.69, 9.17) is 10.5 Å². The lowest BCUT2D eigenvalue weighted by Crippen LogP contribution is -2.35. The molecule has 2 N–H and O–H groups in total. The van der Waals surface area contributed by atoms with Crippen LogP contribution in [-0.2, 0) is 16.2 Å². The third kappa shape index (κ3) is 4.87. The van der Waals surface area contributed by atoms with Crippen molar-refractivity contribution in [2.75, 3.05) is 10.6 Å². The van der Waals surface area contributed by atoms with Crippen molar-refractivity contribution in [2.24, 2.45) is 0 Å². The van der Waals surface area contributed by atoms with Crippen molar-refractivity contribution in [1.82, 2.24) is 0 Å². The molecule has 3 aromatic rings. The Morgan fingerprint density at radius 1 is 0.833 bits per heavy atom. The summed E-state index contributed by atoms with van der Waals surface area (Å²) in [5.74, 6) is 0.152. The van der Waals surface area contributed by atoms with E-state index >= 15 is 0 Å². The minimum absolute atomic E-state index is 0.219. The van der Waals surface area contributed by atoms with Crippen LogP contribution in [-0.4, -0.2) is 11.8 Å². The number of imide groups is 1. The number of nitrogen functional groups attached to an aromatic ring is 1. The Morgan fingerprint density at radius 2 is 1.50 bits per heavy atom. The molecule has 0 heterocycles. The highest BCUT2D eigenvalue weighted by atomic mass is 16.5. The summed E-state index contributed by atoms with van der Waals surface area (Å²) in [7, 11) is 0. The zero-order valence-electron chi connectivity index (χ0n) is 17.3. The van der Waals surface area contributed by atoms with Crippen LogP contribution in [0, 0.1) is 0 Å². The normalized spacial score (nSPS) is 10.5. The second kappa shape index (κ2) is 9.74. The maximum absolute atomic E-state index is 12.3. The van der Waals surface area contributed by atoms with Crippen molar-refractivity contribution in [2.45, 2.75) is 33.3 Å². The summed E-state index contributed by atoms with van der Waals surface area (Å²) in [4.78, 5) is 26.0. The molecule has 0 saturated carbocycles. The number of amides is 2. The Bertz CT molecular complexity index is 1020. The third-order valence-corrected chi connectivity index (χ3v) is 4.79. The molecule has 5 heteroatoms. The third-order valence-electron chi connectivity index (χ3n) is 4.79. The topological polar surface area (TPSA) is 72.6 Å². The Labute approximate surface area is 177 Å². The first-order chi connectivity index (χ1) is 14.5. The second-order valence-electron chi connectivity index (χ2n) is 6.91. The molecular weight excluding hydrogens is 376 g/mol. The number of ether oxygens (including phenoxy) is 1. The van der Waals surface area contributed by atoms with Gasteiger partial charge < -0.3 is 10.5 Å². The molecule has 0 bridgehead atoms. The minimum atomic E-state index is -0.219. The zero-order valence-corrected chi connectivity index (χ0v) is 17.3. The first-order valence-corrected chi connectivity index (χ1v) is 10.1. The van der Waals surface area contributed by atoms with Gasteiger partial charge in [0.05, 0.1) is 11.4 Å². The van der Waals surface area contributed by atoms with Gasteiger partial charge in [0.25, 0.3) is 0 Å². The number of nitrogens with zero attached hydrogens (tertiary/aromatic N) is 1. The summed E-state index contributed by atoms with van der Waals surface area (Å²) in [5.41, 5.74) is 10.0. The average molecular weight is 402 g/mol. The molecular formula is C25H26N2O3. The van der Waals surface area contributed by atoms with E-state index in [0.717, 1.165) is 16.7 Å². The number of carbonyl (C=O) groups is 2. The van der Waals surface area contributed by atoms with Crippen molar-refractivity contribution in [3.05, 3.63) is 78.4 Å². The van der Waals surface area contributed by atoms with Gasteiger partial charge in [0.1, 0.15) is 12.4 Å². The Hall–Kier alpha value is -3.60. The first kappa shape index (κ1) is 21.1. The second-order valence-corrected chi connectivity index (χ2v) is 6.91. The molecule has 2 amide bonds. The van der Waals surface area contributed by atoms with Gasteiger partial charge in [-0.2, -0.15) is 0 Å².